The van der Waals surface area contributed by atoms with Crippen molar-refractivity contribution in [2.24, 2.45) is 0 Å². The van der Waals surface area contributed by atoms with Gasteiger partial charge in [-0.1, -0.05) is 0 Å². The molecule has 0 spiro atoms. The van der Waals surface area contributed by atoms with Crippen molar-refractivity contribution in [1.82, 2.24) is 4.31 Å². The van der Waals surface area contributed by atoms with E-state index in [1.165, 1.54) is 0 Å². The van der Waals surface area contributed by atoms with Crippen molar-refractivity contribution < 1.29 is 21.9 Å². The molecule has 118 valence electrons. The van der Waals surface area contributed by atoms with Crippen molar-refractivity contribution in [3.63, 3.8) is 0 Å². The molecule has 0 radical (unpaired) electrons. The second-order valence-electron chi connectivity index (χ2n) is 5.10. The summed E-state index contributed by atoms with van der Waals surface area (Å²) in [7, 11) is -4.13. The Morgan fingerprint density at radius 1 is 1.29 bits per heavy atom. The molecule has 1 fully saturated rings. The molecule has 1 aromatic rings. The first-order valence-electron chi connectivity index (χ1n) is 6.45. The van der Waals surface area contributed by atoms with Gasteiger partial charge in [0.05, 0.1) is 12.2 Å². The van der Waals surface area contributed by atoms with E-state index in [1.54, 1.807) is 13.8 Å². The molecule has 0 N–H and O–H groups in total. The van der Waals surface area contributed by atoms with Gasteiger partial charge < -0.3 is 4.74 Å². The van der Waals surface area contributed by atoms with E-state index in [4.69, 9.17) is 16.3 Å². The quantitative estimate of drug-likeness (QED) is 0.795. The third kappa shape index (κ3) is 3.36. The highest BCUT2D eigenvalue weighted by Gasteiger charge is 2.34. The summed E-state index contributed by atoms with van der Waals surface area (Å²) in [5.41, 5.74) is 0.212. The molecule has 0 amide bonds. The predicted octanol–water partition coefficient (Wildman–Crippen LogP) is 2.50. The molecule has 1 saturated heterocycles. The maximum atomic E-state index is 13.9. The molecule has 4 nitrogen and oxygen atoms in total. The summed E-state index contributed by atoms with van der Waals surface area (Å²) < 4.78 is 59.1. The zero-order valence-electron chi connectivity index (χ0n) is 11.6. The van der Waals surface area contributed by atoms with Gasteiger partial charge in [-0.15, -0.1) is 11.6 Å². The van der Waals surface area contributed by atoms with E-state index in [9.17, 15) is 17.2 Å². The number of ether oxygens (including phenoxy) is 1. The number of rotatable bonds is 3. The molecule has 1 aliphatic heterocycles. The van der Waals surface area contributed by atoms with Crippen LogP contribution in [0, 0.1) is 11.6 Å². The van der Waals surface area contributed by atoms with Gasteiger partial charge >= 0.3 is 0 Å². The second kappa shape index (κ2) is 6.16. The molecule has 0 saturated carbocycles. The normalized spacial score (nSPS) is 24.2. The van der Waals surface area contributed by atoms with Gasteiger partial charge in [0.2, 0.25) is 10.0 Å². The maximum Gasteiger partial charge on any atom is 0.246 e. The number of nitrogens with zero attached hydrogens (tertiary/aromatic N) is 1. The Balaban J connectivity index is 2.46. The second-order valence-corrected chi connectivity index (χ2v) is 7.28. The highest BCUT2D eigenvalue weighted by atomic mass is 35.5. The average Bonchev–Trinajstić information content (AvgIpc) is 2.40. The van der Waals surface area contributed by atoms with Crippen LogP contribution in [-0.2, 0) is 20.6 Å². The Morgan fingerprint density at radius 2 is 1.86 bits per heavy atom. The number of morpholine rings is 1. The zero-order valence-corrected chi connectivity index (χ0v) is 13.2. The lowest BCUT2D eigenvalue weighted by molar-refractivity contribution is -0.0441. The highest BCUT2D eigenvalue weighted by molar-refractivity contribution is 7.89. The molecule has 0 aliphatic carbocycles. The minimum Gasteiger partial charge on any atom is -0.373 e. The molecule has 1 aliphatic rings. The van der Waals surface area contributed by atoms with Gasteiger partial charge in [0.1, 0.15) is 4.90 Å². The van der Waals surface area contributed by atoms with Crippen molar-refractivity contribution in [3.05, 3.63) is 29.3 Å². The maximum absolute atomic E-state index is 13.9. The lowest BCUT2D eigenvalue weighted by Crippen LogP contribution is -2.48. The van der Waals surface area contributed by atoms with Gasteiger partial charge in [-0.25, -0.2) is 17.2 Å². The number of hydrogen-bond acceptors (Lipinski definition) is 3. The fraction of sp³-hybridized carbons (Fsp3) is 0.538. The Hall–Kier alpha value is -0.760. The van der Waals surface area contributed by atoms with Crippen LogP contribution in [0.4, 0.5) is 8.78 Å². The predicted molar refractivity (Wildman–Crippen MR) is 74.7 cm³/mol. The third-order valence-electron chi connectivity index (χ3n) is 3.21. The molecule has 2 unspecified atom stereocenters. The first-order chi connectivity index (χ1) is 9.75. The van der Waals surface area contributed by atoms with Gasteiger partial charge in [0.25, 0.3) is 0 Å². The van der Waals surface area contributed by atoms with E-state index in [2.05, 4.69) is 0 Å². The van der Waals surface area contributed by atoms with Crippen LogP contribution < -0.4 is 0 Å². The smallest absolute Gasteiger partial charge is 0.246 e. The number of benzene rings is 1. The standard InChI is InChI=1S/C13H16ClF2NO3S/c1-8-6-17(7-9(2)20-8)21(18,19)12-4-10(5-14)3-11(15)13(12)16/h3-4,8-9H,5-7H2,1-2H3. The minimum absolute atomic E-state index is 0.0961. The van der Waals surface area contributed by atoms with Crippen LogP contribution >= 0.6 is 11.6 Å². The average molecular weight is 340 g/mol. The van der Waals surface area contributed by atoms with Gasteiger partial charge in [-0.05, 0) is 31.5 Å². The Morgan fingerprint density at radius 3 is 2.38 bits per heavy atom. The molecule has 1 aromatic carbocycles. The van der Waals surface area contributed by atoms with Crippen LogP contribution in [-0.4, -0.2) is 38.0 Å². The molecule has 0 aromatic heterocycles. The van der Waals surface area contributed by atoms with Crippen LogP contribution in [0.2, 0.25) is 0 Å². The molecular formula is C13H16ClF2NO3S. The number of halogens is 3. The minimum atomic E-state index is -4.13. The Kier molecular flexibility index (Phi) is 4.87. The van der Waals surface area contributed by atoms with Gasteiger partial charge in [0, 0.05) is 19.0 Å². The van der Waals surface area contributed by atoms with E-state index in [-0.39, 0.29) is 36.7 Å². The van der Waals surface area contributed by atoms with Crippen LogP contribution in [0.15, 0.2) is 17.0 Å². The van der Waals surface area contributed by atoms with Crippen molar-refractivity contribution in [1.29, 1.82) is 0 Å². The third-order valence-corrected chi connectivity index (χ3v) is 5.35. The summed E-state index contributed by atoms with van der Waals surface area (Å²) >= 11 is 5.59. The molecule has 2 atom stereocenters. The lowest BCUT2D eigenvalue weighted by atomic mass is 10.2. The summed E-state index contributed by atoms with van der Waals surface area (Å²) in [5, 5.41) is 0. The number of hydrogen-bond donors (Lipinski definition) is 0. The summed E-state index contributed by atoms with van der Waals surface area (Å²) in [5.74, 6) is -2.70. The topological polar surface area (TPSA) is 46.6 Å². The summed E-state index contributed by atoms with van der Waals surface area (Å²) in [6.07, 6.45) is -0.625. The largest absolute Gasteiger partial charge is 0.373 e. The molecule has 8 heteroatoms. The fourth-order valence-electron chi connectivity index (χ4n) is 2.35. The lowest BCUT2D eigenvalue weighted by Gasteiger charge is -2.34. The summed E-state index contributed by atoms with van der Waals surface area (Å²) in [4.78, 5) is -0.681. The van der Waals surface area contributed by atoms with Crippen molar-refractivity contribution in [3.8, 4) is 0 Å². The van der Waals surface area contributed by atoms with Crippen LogP contribution in [0.1, 0.15) is 19.4 Å². The van der Waals surface area contributed by atoms with Gasteiger partial charge in [-0.2, -0.15) is 4.31 Å². The van der Waals surface area contributed by atoms with Crippen molar-refractivity contribution in [2.75, 3.05) is 13.1 Å². The van der Waals surface area contributed by atoms with Crippen LogP contribution in [0.25, 0.3) is 0 Å². The first kappa shape index (κ1) is 16.6. The van der Waals surface area contributed by atoms with E-state index >= 15 is 0 Å². The number of sulfonamides is 1. The van der Waals surface area contributed by atoms with E-state index < -0.39 is 26.6 Å². The van der Waals surface area contributed by atoms with Crippen molar-refractivity contribution in [2.45, 2.75) is 36.8 Å². The van der Waals surface area contributed by atoms with Crippen molar-refractivity contribution >= 4 is 21.6 Å². The molecular weight excluding hydrogens is 324 g/mol. The fourth-order valence-corrected chi connectivity index (χ4v) is 4.22. The van der Waals surface area contributed by atoms with Crippen LogP contribution in [0.5, 0.6) is 0 Å². The molecule has 21 heavy (non-hydrogen) atoms. The van der Waals surface area contributed by atoms with E-state index in [0.717, 1.165) is 16.4 Å². The Labute approximate surface area is 127 Å². The SMILES string of the molecule is CC1CN(S(=O)(=O)c2cc(CCl)cc(F)c2F)CC(C)O1. The first-order valence-corrected chi connectivity index (χ1v) is 8.42. The highest BCUT2D eigenvalue weighted by Crippen LogP contribution is 2.26. The molecule has 0 bridgehead atoms. The monoisotopic (exact) mass is 339 g/mol. The summed E-state index contributed by atoms with van der Waals surface area (Å²) in [6, 6.07) is 1.97. The van der Waals surface area contributed by atoms with E-state index in [0.29, 0.717) is 0 Å². The van der Waals surface area contributed by atoms with Crippen LogP contribution in [0.3, 0.4) is 0 Å². The zero-order chi connectivity index (χ0) is 15.8. The number of alkyl halides is 1. The Bertz CT molecular complexity index is 629. The molecule has 2 rings (SSSR count). The molecule has 1 heterocycles. The van der Waals surface area contributed by atoms with E-state index in [1.807, 2.05) is 0 Å². The van der Waals surface area contributed by atoms with Gasteiger partial charge in [-0.3, -0.25) is 0 Å². The summed E-state index contributed by atoms with van der Waals surface area (Å²) in [6.45, 7) is 3.65. The van der Waals surface area contributed by atoms with Gasteiger partial charge in [0.15, 0.2) is 11.6 Å².